The molecule has 0 unspecified atom stereocenters. The molecule has 0 saturated heterocycles. The van der Waals surface area contributed by atoms with Gasteiger partial charge in [0.15, 0.2) is 5.11 Å². The topological polar surface area (TPSA) is 84.2 Å². The van der Waals surface area contributed by atoms with E-state index in [1.807, 2.05) is 5.43 Å². The minimum absolute atomic E-state index is 0.370. The Kier molecular flexibility index (Phi) is 4.61. The molecule has 0 aromatic heterocycles. The monoisotopic (exact) mass is 333 g/mol. The fraction of sp³-hybridized carbons (Fsp3) is 0.125. The van der Waals surface area contributed by atoms with Crippen LogP contribution in [0.5, 0.6) is 0 Å². The van der Waals surface area contributed by atoms with E-state index < -0.39 is 31.8 Å². The van der Waals surface area contributed by atoms with Gasteiger partial charge in [-0.3, -0.25) is 5.43 Å². The van der Waals surface area contributed by atoms with Gasteiger partial charge in [-0.05, 0) is 30.4 Å². The van der Waals surface area contributed by atoms with Crippen LogP contribution in [0.4, 0.5) is 13.2 Å². The van der Waals surface area contributed by atoms with E-state index in [9.17, 15) is 21.6 Å². The molecule has 0 bridgehead atoms. The molecule has 5 nitrogen and oxygen atoms in total. The highest BCUT2D eigenvalue weighted by atomic mass is 35.5. The summed E-state index contributed by atoms with van der Waals surface area (Å²) in [7, 11) is -4.33. The number of rotatable bonds is 3. The van der Waals surface area contributed by atoms with Gasteiger partial charge in [0.05, 0.1) is 10.6 Å². The lowest BCUT2D eigenvalue weighted by Gasteiger charge is -2.12. The number of hydrogen-bond donors (Lipinski definition) is 3. The van der Waals surface area contributed by atoms with Crippen LogP contribution in [0.1, 0.15) is 5.56 Å². The lowest BCUT2D eigenvalue weighted by molar-refractivity contribution is -0.137. The van der Waals surface area contributed by atoms with E-state index in [0.29, 0.717) is 12.1 Å². The number of hydrazine groups is 1. The third kappa shape index (κ3) is 4.20. The summed E-state index contributed by atoms with van der Waals surface area (Å²) in [6.45, 7) is 0. The molecule has 11 heteroatoms. The summed E-state index contributed by atoms with van der Waals surface area (Å²) >= 11 is 9.93. The fourth-order valence-electron chi connectivity index (χ4n) is 1.06. The molecule has 0 saturated carbocycles. The van der Waals surface area contributed by atoms with Crippen molar-refractivity contribution in [2.75, 3.05) is 0 Å². The first-order valence-electron chi connectivity index (χ1n) is 4.48. The van der Waals surface area contributed by atoms with Crippen molar-refractivity contribution in [3.63, 3.8) is 0 Å². The van der Waals surface area contributed by atoms with Gasteiger partial charge in [0.2, 0.25) is 0 Å². The van der Waals surface area contributed by atoms with Gasteiger partial charge in [-0.1, -0.05) is 11.6 Å². The second-order valence-corrected chi connectivity index (χ2v) is 5.74. The second-order valence-electron chi connectivity index (χ2n) is 3.24. The van der Waals surface area contributed by atoms with E-state index in [-0.39, 0.29) is 5.02 Å². The van der Waals surface area contributed by atoms with Gasteiger partial charge < -0.3 is 5.73 Å². The maximum Gasteiger partial charge on any atom is 0.416 e. The SMILES string of the molecule is NC(=S)NNS(=O)(=O)c1cc(C(F)(F)F)ccc1Cl. The zero-order valence-corrected chi connectivity index (χ0v) is 11.3. The normalized spacial score (nSPS) is 12.2. The number of sulfonamides is 1. The molecule has 1 rings (SSSR count). The van der Waals surface area contributed by atoms with E-state index in [0.717, 1.165) is 6.07 Å². The lowest BCUT2D eigenvalue weighted by Crippen LogP contribution is -2.44. The van der Waals surface area contributed by atoms with Crippen molar-refractivity contribution in [1.82, 2.24) is 10.3 Å². The molecule has 0 aliphatic carbocycles. The molecule has 0 amide bonds. The van der Waals surface area contributed by atoms with E-state index in [4.69, 9.17) is 17.3 Å². The van der Waals surface area contributed by atoms with E-state index >= 15 is 0 Å². The van der Waals surface area contributed by atoms with Gasteiger partial charge in [-0.2, -0.15) is 13.2 Å². The minimum atomic E-state index is -4.69. The zero-order valence-electron chi connectivity index (χ0n) is 8.95. The Morgan fingerprint density at radius 2 is 1.95 bits per heavy atom. The zero-order chi connectivity index (χ0) is 14.8. The van der Waals surface area contributed by atoms with Crippen molar-refractivity contribution in [1.29, 1.82) is 0 Å². The van der Waals surface area contributed by atoms with Crippen LogP contribution >= 0.6 is 23.8 Å². The number of nitrogens with one attached hydrogen (secondary N) is 2. The van der Waals surface area contributed by atoms with Crippen LogP contribution in [0, 0.1) is 0 Å². The van der Waals surface area contributed by atoms with Crippen LogP contribution in [-0.4, -0.2) is 13.5 Å². The molecule has 1 aromatic carbocycles. The molecule has 0 heterocycles. The molecule has 0 spiro atoms. The smallest absolute Gasteiger partial charge is 0.375 e. The van der Waals surface area contributed by atoms with Crippen LogP contribution in [0.25, 0.3) is 0 Å². The first kappa shape index (κ1) is 16.0. The molecule has 1 aromatic rings. The molecule has 19 heavy (non-hydrogen) atoms. The average molecular weight is 334 g/mol. The van der Waals surface area contributed by atoms with E-state index in [1.165, 1.54) is 0 Å². The minimum Gasteiger partial charge on any atom is -0.375 e. The van der Waals surface area contributed by atoms with Crippen molar-refractivity contribution in [2.24, 2.45) is 5.73 Å². The van der Waals surface area contributed by atoms with Gasteiger partial charge in [0, 0.05) is 0 Å². The maximum absolute atomic E-state index is 12.5. The van der Waals surface area contributed by atoms with Gasteiger partial charge in [0.1, 0.15) is 4.90 Å². The number of alkyl halides is 3. The first-order valence-corrected chi connectivity index (χ1v) is 6.75. The van der Waals surface area contributed by atoms with Crippen molar-refractivity contribution < 1.29 is 21.6 Å². The van der Waals surface area contributed by atoms with E-state index in [2.05, 4.69) is 12.2 Å². The van der Waals surface area contributed by atoms with Crippen LogP contribution in [0.3, 0.4) is 0 Å². The molecule has 0 aliphatic rings. The molecular formula is C8H7ClF3N3O2S2. The third-order valence-electron chi connectivity index (χ3n) is 1.86. The van der Waals surface area contributed by atoms with Crippen molar-refractivity contribution in [3.05, 3.63) is 28.8 Å². The van der Waals surface area contributed by atoms with E-state index in [1.54, 1.807) is 4.83 Å². The Morgan fingerprint density at radius 3 is 2.42 bits per heavy atom. The van der Waals surface area contributed by atoms with Crippen molar-refractivity contribution >= 4 is 39.0 Å². The second kappa shape index (κ2) is 5.49. The van der Waals surface area contributed by atoms with Crippen LogP contribution in [0.2, 0.25) is 5.02 Å². The molecule has 0 aliphatic heterocycles. The molecule has 106 valence electrons. The highest BCUT2D eigenvalue weighted by Gasteiger charge is 2.32. The van der Waals surface area contributed by atoms with Gasteiger partial charge in [-0.25, -0.2) is 8.42 Å². The van der Waals surface area contributed by atoms with Crippen molar-refractivity contribution in [2.45, 2.75) is 11.1 Å². The Balaban J connectivity index is 3.22. The summed E-state index contributed by atoms with van der Waals surface area (Å²) < 4.78 is 60.9. The molecule has 0 radical (unpaired) electrons. The number of benzene rings is 1. The molecule has 0 fully saturated rings. The summed E-state index contributed by atoms with van der Waals surface area (Å²) in [5.74, 6) is 0. The standard InChI is InChI=1S/C8H7ClF3N3O2S2/c9-5-2-1-4(8(10,11)12)3-6(5)19(16,17)15-14-7(13)18/h1-3,15H,(H3,13,14,18). The van der Waals surface area contributed by atoms with Crippen LogP contribution in [0.15, 0.2) is 23.1 Å². The number of hydrogen-bond acceptors (Lipinski definition) is 3. The summed E-state index contributed by atoms with van der Waals surface area (Å²) in [5.41, 5.74) is 5.75. The van der Waals surface area contributed by atoms with Gasteiger partial charge in [-0.15, -0.1) is 4.83 Å². The number of thiocarbonyl (C=S) groups is 1. The van der Waals surface area contributed by atoms with Crippen LogP contribution < -0.4 is 16.0 Å². The number of halogens is 4. The Labute approximate surface area is 116 Å². The summed E-state index contributed by atoms with van der Waals surface area (Å²) in [6, 6.07) is 1.91. The number of nitrogens with two attached hydrogens (primary N) is 1. The quantitative estimate of drug-likeness (QED) is 0.575. The lowest BCUT2D eigenvalue weighted by atomic mass is 10.2. The maximum atomic E-state index is 12.5. The largest absolute Gasteiger partial charge is 0.416 e. The Hall–Kier alpha value is -1.10. The van der Waals surface area contributed by atoms with Crippen LogP contribution in [-0.2, 0) is 16.2 Å². The fourth-order valence-corrected chi connectivity index (χ4v) is 2.56. The molecular weight excluding hydrogens is 327 g/mol. The van der Waals surface area contributed by atoms with Crippen molar-refractivity contribution in [3.8, 4) is 0 Å². The average Bonchev–Trinajstić information content (AvgIpc) is 2.25. The summed E-state index contributed by atoms with van der Waals surface area (Å²) in [6.07, 6.45) is -4.69. The van der Waals surface area contributed by atoms with Gasteiger partial charge >= 0.3 is 6.18 Å². The highest BCUT2D eigenvalue weighted by molar-refractivity contribution is 7.89. The molecule has 0 atom stereocenters. The summed E-state index contributed by atoms with van der Waals surface area (Å²) in [5, 5.41) is -0.767. The first-order chi connectivity index (χ1) is 8.54. The predicted molar refractivity (Wildman–Crippen MR) is 66.7 cm³/mol. The van der Waals surface area contributed by atoms with Gasteiger partial charge in [0.25, 0.3) is 10.0 Å². The Morgan fingerprint density at radius 1 is 1.37 bits per heavy atom. The summed E-state index contributed by atoms with van der Waals surface area (Å²) in [4.78, 5) is 0.956. The molecule has 4 N–H and O–H groups in total. The highest BCUT2D eigenvalue weighted by Crippen LogP contribution is 2.33. The third-order valence-corrected chi connectivity index (χ3v) is 3.69. The predicted octanol–water partition coefficient (Wildman–Crippen LogP) is 1.39. The Bertz CT molecular complexity index is 604.